The molecule has 4 N–H and O–H groups in total. The first-order chi connectivity index (χ1) is 28.7. The number of imide groups is 1. The zero-order chi connectivity index (χ0) is 40.4. The summed E-state index contributed by atoms with van der Waals surface area (Å²) in [6, 6.07) is 17.9. The van der Waals surface area contributed by atoms with Gasteiger partial charge in [0.15, 0.2) is 5.82 Å². The van der Waals surface area contributed by atoms with Crippen LogP contribution in [0.25, 0.3) is 22.3 Å². The SMILES string of the molecule is Cn1c(=O)n(C2CCC(=O)NC2=O)c2ccc(C3CCC(N4CCC(c5nccc(N6C7CC[C@@H]6CN(c6cc(-c8ccccc8O)nnc6N)C7)n5)CC4)CC3)cc21. The number of likely N-dealkylation sites (tertiary alicyclic amines) is 1. The van der Waals surface area contributed by atoms with Crippen LogP contribution in [0.15, 0.2) is 65.6 Å². The number of piperazine rings is 1. The number of phenols is 1. The molecule has 3 atom stereocenters. The lowest BCUT2D eigenvalue weighted by Gasteiger charge is -2.43. The fourth-order valence-electron chi connectivity index (χ4n) is 10.8. The van der Waals surface area contributed by atoms with E-state index in [1.807, 2.05) is 30.5 Å². The number of nitrogens with two attached hydrogens (primary N) is 1. The number of para-hydroxylation sites is 1. The summed E-state index contributed by atoms with van der Waals surface area (Å²) < 4.78 is 3.19. The fraction of sp³-hybridized carbons (Fsp3) is 0.477. The number of rotatable bonds is 7. The number of nitrogen functional groups attached to an aromatic ring is 1. The molecule has 1 aliphatic carbocycles. The van der Waals surface area contributed by atoms with E-state index in [2.05, 4.69) is 48.4 Å². The number of nitrogens with zero attached hydrogens (tertiary/aromatic N) is 9. The van der Waals surface area contributed by atoms with Crippen molar-refractivity contribution in [3.63, 3.8) is 0 Å². The first kappa shape index (κ1) is 37.4. The zero-order valence-corrected chi connectivity index (χ0v) is 33.4. The third-order valence-electron chi connectivity index (χ3n) is 13.9. The van der Waals surface area contributed by atoms with E-state index in [-0.39, 0.29) is 23.8 Å². The maximum Gasteiger partial charge on any atom is 0.329 e. The number of hydrogen-bond donors (Lipinski definition) is 3. The number of amides is 2. The molecule has 5 aliphatic rings. The number of aryl methyl sites for hydroxylation is 1. The molecule has 1 saturated carbocycles. The Kier molecular flexibility index (Phi) is 9.57. The molecule has 15 heteroatoms. The Hall–Kier alpha value is -5.83. The summed E-state index contributed by atoms with van der Waals surface area (Å²) in [7, 11) is 1.76. The summed E-state index contributed by atoms with van der Waals surface area (Å²) in [5.74, 6) is 2.61. The summed E-state index contributed by atoms with van der Waals surface area (Å²) in [6.45, 7) is 3.70. The second kappa shape index (κ2) is 15.1. The minimum absolute atomic E-state index is 0.167. The molecule has 5 aromatic rings. The van der Waals surface area contributed by atoms with Gasteiger partial charge in [0.25, 0.3) is 0 Å². The summed E-state index contributed by atoms with van der Waals surface area (Å²) in [6.07, 6.45) is 11.2. The van der Waals surface area contributed by atoms with Gasteiger partial charge in [0.2, 0.25) is 11.8 Å². The third-order valence-corrected chi connectivity index (χ3v) is 13.9. The van der Waals surface area contributed by atoms with E-state index in [0.29, 0.717) is 53.5 Å². The first-order valence-corrected chi connectivity index (χ1v) is 21.3. The maximum atomic E-state index is 13.3. The molecule has 59 heavy (non-hydrogen) atoms. The van der Waals surface area contributed by atoms with Gasteiger partial charge in [-0.25, -0.2) is 14.8 Å². The largest absolute Gasteiger partial charge is 0.507 e. The van der Waals surface area contributed by atoms with Crippen LogP contribution in [0, 0.1) is 0 Å². The van der Waals surface area contributed by atoms with Gasteiger partial charge in [-0.1, -0.05) is 18.2 Å². The van der Waals surface area contributed by atoms with E-state index < -0.39 is 11.9 Å². The first-order valence-electron chi connectivity index (χ1n) is 21.3. The van der Waals surface area contributed by atoms with Gasteiger partial charge in [-0.2, -0.15) is 0 Å². The predicted molar refractivity (Wildman–Crippen MR) is 224 cm³/mol. The monoisotopic (exact) mass is 797 g/mol. The van der Waals surface area contributed by atoms with Crippen LogP contribution < -0.4 is 26.5 Å². The Bertz CT molecular complexity index is 2470. The molecule has 4 saturated heterocycles. The third kappa shape index (κ3) is 6.78. The van der Waals surface area contributed by atoms with Crippen molar-refractivity contribution < 1.29 is 14.7 Å². The van der Waals surface area contributed by atoms with E-state index >= 15 is 0 Å². The lowest BCUT2D eigenvalue weighted by molar-refractivity contribution is -0.135. The quantitative estimate of drug-likeness (QED) is 0.195. The molecule has 7 heterocycles. The average molecular weight is 798 g/mol. The Morgan fingerprint density at radius 1 is 0.797 bits per heavy atom. The van der Waals surface area contributed by atoms with Crippen LogP contribution in [-0.4, -0.2) is 95.4 Å². The van der Waals surface area contributed by atoms with Crippen LogP contribution in [0.1, 0.15) is 93.5 Å². The van der Waals surface area contributed by atoms with Crippen molar-refractivity contribution in [1.29, 1.82) is 0 Å². The van der Waals surface area contributed by atoms with Gasteiger partial charge in [0, 0.05) is 62.4 Å². The molecule has 306 valence electrons. The standard InChI is InChI=1S/C44H51N11O4/c1-51-36-22-28(8-13-34(36)55(44(51)59)35-14-15-40(57)48-43(35)58)26-6-9-29(10-7-26)52-20-17-27(18-21-52)42-46-19-16-39(47-42)54-30-11-12-31(54)25-53(24-30)37-23-33(49-50-41(37)45)32-4-2-3-5-38(32)56/h2-5,8,13,16,19,22-23,26-27,29-31,35,56H,6-7,9-12,14-15,17-18,20-21,24-25H2,1H3,(H2,45,50)(H,48,57,58)/t26?,29?,30-,31?,35?/m1/s1. The lowest BCUT2D eigenvalue weighted by atomic mass is 9.80. The van der Waals surface area contributed by atoms with Crippen LogP contribution in [-0.2, 0) is 16.6 Å². The van der Waals surface area contributed by atoms with Gasteiger partial charge >= 0.3 is 5.69 Å². The molecule has 4 aliphatic heterocycles. The minimum atomic E-state index is -0.674. The number of phenolic OH excluding ortho intramolecular Hbond substituents is 1. The molecule has 2 aromatic carbocycles. The van der Waals surface area contributed by atoms with Gasteiger partial charge in [0.1, 0.15) is 23.4 Å². The molecule has 0 radical (unpaired) electrons. The average Bonchev–Trinajstić information content (AvgIpc) is 3.67. The van der Waals surface area contributed by atoms with Crippen LogP contribution >= 0.6 is 0 Å². The molecular formula is C44H51N11O4. The summed E-state index contributed by atoms with van der Waals surface area (Å²) in [5.41, 5.74) is 11.1. The van der Waals surface area contributed by atoms with Gasteiger partial charge in [-0.05, 0) is 119 Å². The molecule has 2 amide bonds. The minimum Gasteiger partial charge on any atom is -0.507 e. The predicted octanol–water partition coefficient (Wildman–Crippen LogP) is 4.62. The van der Waals surface area contributed by atoms with E-state index in [9.17, 15) is 19.5 Å². The molecule has 2 bridgehead atoms. The van der Waals surface area contributed by atoms with Crippen molar-refractivity contribution in [1.82, 2.24) is 39.5 Å². The topological polar surface area (TPSA) is 181 Å². The number of hydrogen-bond acceptors (Lipinski definition) is 12. The number of benzene rings is 2. The summed E-state index contributed by atoms with van der Waals surface area (Å²) >= 11 is 0. The molecular weight excluding hydrogens is 747 g/mol. The van der Waals surface area contributed by atoms with Crippen LogP contribution in [0.3, 0.4) is 0 Å². The fourth-order valence-corrected chi connectivity index (χ4v) is 10.8. The molecule has 10 rings (SSSR count). The van der Waals surface area contributed by atoms with Crippen LogP contribution in [0.5, 0.6) is 5.75 Å². The second-order valence-electron chi connectivity index (χ2n) is 17.2. The zero-order valence-electron chi connectivity index (χ0n) is 33.4. The van der Waals surface area contributed by atoms with Crippen LogP contribution in [0.4, 0.5) is 17.3 Å². The van der Waals surface area contributed by atoms with Gasteiger partial charge in [0.05, 0.1) is 22.4 Å². The Labute approximate surface area is 342 Å². The highest BCUT2D eigenvalue weighted by atomic mass is 16.3. The molecule has 15 nitrogen and oxygen atoms in total. The number of nitrogens with one attached hydrogen (secondary N) is 1. The van der Waals surface area contributed by atoms with E-state index in [1.54, 1.807) is 28.3 Å². The van der Waals surface area contributed by atoms with Crippen molar-refractivity contribution >= 4 is 40.2 Å². The van der Waals surface area contributed by atoms with Crippen molar-refractivity contribution in [2.75, 3.05) is 41.7 Å². The van der Waals surface area contributed by atoms with E-state index in [0.717, 1.165) is 106 Å². The molecule has 0 spiro atoms. The Morgan fingerprint density at radius 2 is 1.54 bits per heavy atom. The number of carbonyl (C=O) groups is 2. The van der Waals surface area contributed by atoms with Gasteiger partial charge in [-0.3, -0.25) is 24.0 Å². The second-order valence-corrected chi connectivity index (χ2v) is 17.2. The van der Waals surface area contributed by atoms with Gasteiger partial charge < -0.3 is 25.5 Å². The molecule has 3 aromatic heterocycles. The number of aromatic hydroxyl groups is 1. The van der Waals surface area contributed by atoms with Gasteiger partial charge in [-0.15, -0.1) is 10.2 Å². The summed E-state index contributed by atoms with van der Waals surface area (Å²) in [4.78, 5) is 55.3. The van der Waals surface area contributed by atoms with E-state index in [4.69, 9.17) is 15.7 Å². The molecule has 2 unspecified atom stereocenters. The molecule has 5 fully saturated rings. The smallest absolute Gasteiger partial charge is 0.329 e. The normalized spacial score (nSPS) is 25.5. The number of fused-ring (bicyclic) bond motifs is 3. The number of piperidine rings is 2. The summed E-state index contributed by atoms with van der Waals surface area (Å²) in [5, 5.41) is 21.4. The number of imidazole rings is 1. The van der Waals surface area contributed by atoms with Crippen LogP contribution in [0.2, 0.25) is 0 Å². The Morgan fingerprint density at radius 3 is 2.29 bits per heavy atom. The highest BCUT2D eigenvalue weighted by molar-refractivity contribution is 6.00. The maximum absolute atomic E-state index is 13.3. The van der Waals surface area contributed by atoms with Crippen molar-refractivity contribution in [3.8, 4) is 17.0 Å². The van der Waals surface area contributed by atoms with Crippen molar-refractivity contribution in [3.05, 3.63) is 82.7 Å². The number of carbonyl (C=O) groups excluding carboxylic acids is 2. The van der Waals surface area contributed by atoms with Crippen molar-refractivity contribution in [2.45, 2.75) is 100 Å². The highest BCUT2D eigenvalue weighted by Crippen LogP contribution is 2.41. The number of anilines is 3. The lowest BCUT2D eigenvalue weighted by Crippen LogP contribution is -2.54. The van der Waals surface area contributed by atoms with Crippen molar-refractivity contribution in [2.24, 2.45) is 7.05 Å². The Balaban J connectivity index is 0.755. The highest BCUT2D eigenvalue weighted by Gasteiger charge is 2.42. The number of aromatic nitrogens is 6. The van der Waals surface area contributed by atoms with E-state index in [1.165, 1.54) is 5.56 Å².